The largest absolute Gasteiger partial charge is 0.338 e. The van der Waals surface area contributed by atoms with Gasteiger partial charge in [0.15, 0.2) is 0 Å². The third-order valence-corrected chi connectivity index (χ3v) is 4.23. The summed E-state index contributed by atoms with van der Waals surface area (Å²) >= 11 is 0. The first-order chi connectivity index (χ1) is 11.4. The summed E-state index contributed by atoms with van der Waals surface area (Å²) in [6.45, 7) is 1.70. The predicted molar refractivity (Wildman–Crippen MR) is 86.4 cm³/mol. The van der Waals surface area contributed by atoms with E-state index in [-0.39, 0.29) is 0 Å². The van der Waals surface area contributed by atoms with Gasteiger partial charge in [-0.1, -0.05) is 41.6 Å². The lowest BCUT2D eigenvalue weighted by molar-refractivity contribution is 0.209. The monoisotopic (exact) mass is 306 g/mol. The Morgan fingerprint density at radius 1 is 1.09 bits per heavy atom. The number of hydrogen-bond donors (Lipinski definition) is 0. The van der Waals surface area contributed by atoms with Gasteiger partial charge in [-0.15, -0.1) is 0 Å². The molecule has 0 bridgehead atoms. The highest BCUT2D eigenvalue weighted by Gasteiger charge is 2.28. The third kappa shape index (κ3) is 3.00. The van der Waals surface area contributed by atoms with Crippen LogP contribution in [0, 0.1) is 0 Å². The molecule has 0 N–H and O–H groups in total. The molecule has 4 rings (SSSR count). The Hall–Kier alpha value is -2.53. The molecule has 1 saturated heterocycles. The van der Waals surface area contributed by atoms with Gasteiger partial charge in [0, 0.05) is 11.8 Å². The summed E-state index contributed by atoms with van der Waals surface area (Å²) in [5, 5.41) is 4.10. The van der Waals surface area contributed by atoms with Gasteiger partial charge in [0.1, 0.15) is 0 Å². The van der Waals surface area contributed by atoms with Crippen LogP contribution in [0.1, 0.15) is 30.5 Å². The van der Waals surface area contributed by atoms with E-state index in [1.807, 2.05) is 48.7 Å². The normalized spacial score (nSPS) is 18.3. The molecule has 3 aromatic rings. The van der Waals surface area contributed by atoms with Gasteiger partial charge in [0.25, 0.3) is 0 Å². The summed E-state index contributed by atoms with van der Waals surface area (Å²) in [4.78, 5) is 11.4. The Bertz CT molecular complexity index is 757. The van der Waals surface area contributed by atoms with E-state index in [2.05, 4.69) is 26.1 Å². The molecule has 0 amide bonds. The minimum absolute atomic E-state index is 0.336. The maximum absolute atomic E-state index is 5.44. The van der Waals surface area contributed by atoms with E-state index in [9.17, 15) is 0 Å². The quantitative estimate of drug-likeness (QED) is 0.738. The molecule has 23 heavy (non-hydrogen) atoms. The van der Waals surface area contributed by atoms with Gasteiger partial charge in [-0.2, -0.15) is 4.98 Å². The number of pyridine rings is 1. The molecule has 0 aliphatic carbocycles. The standard InChI is InChI=1S/C18H18N4O/c1-2-7-14(8-3-1)18-20-17(23-21-18)13-22-12-6-10-16(22)15-9-4-5-11-19-15/h1-5,7-9,11,16H,6,10,12-13H2/t16-/m0/s1. The van der Waals surface area contributed by atoms with Crippen molar-refractivity contribution in [2.24, 2.45) is 0 Å². The van der Waals surface area contributed by atoms with Gasteiger partial charge >= 0.3 is 0 Å². The molecule has 1 atom stereocenters. The zero-order valence-corrected chi connectivity index (χ0v) is 12.8. The molecular weight excluding hydrogens is 288 g/mol. The van der Waals surface area contributed by atoms with Gasteiger partial charge in [0.2, 0.25) is 11.7 Å². The molecule has 1 fully saturated rings. The van der Waals surface area contributed by atoms with Crippen molar-refractivity contribution in [3.05, 3.63) is 66.3 Å². The Labute approximate surface area is 135 Å². The minimum atomic E-state index is 0.336. The van der Waals surface area contributed by atoms with Crippen LogP contribution in [0.25, 0.3) is 11.4 Å². The average molecular weight is 306 g/mol. The van der Waals surface area contributed by atoms with Gasteiger partial charge in [0.05, 0.1) is 18.3 Å². The summed E-state index contributed by atoms with van der Waals surface area (Å²) in [6.07, 6.45) is 4.14. The van der Waals surface area contributed by atoms with Crippen LogP contribution in [0.2, 0.25) is 0 Å². The highest BCUT2D eigenvalue weighted by Crippen LogP contribution is 2.31. The Kier molecular flexibility index (Phi) is 3.86. The number of benzene rings is 1. The van der Waals surface area contributed by atoms with Crippen LogP contribution in [0.4, 0.5) is 0 Å². The maximum Gasteiger partial charge on any atom is 0.241 e. The van der Waals surface area contributed by atoms with E-state index in [4.69, 9.17) is 4.52 Å². The lowest BCUT2D eigenvalue weighted by Crippen LogP contribution is -2.23. The van der Waals surface area contributed by atoms with E-state index < -0.39 is 0 Å². The lowest BCUT2D eigenvalue weighted by Gasteiger charge is -2.21. The summed E-state index contributed by atoms with van der Waals surface area (Å²) in [7, 11) is 0. The van der Waals surface area contributed by atoms with E-state index in [0.29, 0.717) is 24.3 Å². The van der Waals surface area contributed by atoms with Crippen molar-refractivity contribution >= 4 is 0 Å². The first-order valence-electron chi connectivity index (χ1n) is 7.93. The zero-order valence-electron chi connectivity index (χ0n) is 12.8. The van der Waals surface area contributed by atoms with Gasteiger partial charge < -0.3 is 4.52 Å². The number of nitrogens with zero attached hydrogens (tertiary/aromatic N) is 4. The molecule has 116 valence electrons. The number of aromatic nitrogens is 3. The Morgan fingerprint density at radius 2 is 1.96 bits per heavy atom. The topological polar surface area (TPSA) is 55.1 Å². The van der Waals surface area contributed by atoms with Crippen LogP contribution in [0.3, 0.4) is 0 Å². The van der Waals surface area contributed by atoms with Crippen molar-refractivity contribution in [1.29, 1.82) is 0 Å². The Balaban J connectivity index is 1.51. The molecule has 2 aromatic heterocycles. The van der Waals surface area contributed by atoms with E-state index >= 15 is 0 Å². The average Bonchev–Trinajstić information content (AvgIpc) is 3.26. The number of rotatable bonds is 4. The molecule has 5 nitrogen and oxygen atoms in total. The summed E-state index contributed by atoms with van der Waals surface area (Å²) in [6, 6.07) is 16.3. The van der Waals surface area contributed by atoms with Crippen LogP contribution in [0.5, 0.6) is 0 Å². The molecule has 0 radical (unpaired) electrons. The predicted octanol–water partition coefficient (Wildman–Crippen LogP) is 3.47. The molecule has 0 saturated carbocycles. The number of likely N-dealkylation sites (tertiary alicyclic amines) is 1. The van der Waals surface area contributed by atoms with Crippen molar-refractivity contribution in [2.45, 2.75) is 25.4 Å². The first kappa shape index (κ1) is 14.1. The van der Waals surface area contributed by atoms with Crippen molar-refractivity contribution in [3.8, 4) is 11.4 Å². The lowest BCUT2D eigenvalue weighted by atomic mass is 10.1. The maximum atomic E-state index is 5.44. The molecule has 0 unspecified atom stereocenters. The fourth-order valence-electron chi connectivity index (χ4n) is 3.12. The van der Waals surface area contributed by atoms with Crippen LogP contribution < -0.4 is 0 Å². The van der Waals surface area contributed by atoms with Crippen LogP contribution >= 0.6 is 0 Å². The second kappa shape index (κ2) is 6.30. The molecule has 1 aliphatic rings. The van der Waals surface area contributed by atoms with Crippen LogP contribution in [-0.2, 0) is 6.54 Å². The summed E-state index contributed by atoms with van der Waals surface area (Å²) in [5.74, 6) is 1.31. The molecule has 1 aliphatic heterocycles. The fraction of sp³-hybridized carbons (Fsp3) is 0.278. The Morgan fingerprint density at radius 3 is 2.78 bits per heavy atom. The molecule has 5 heteroatoms. The third-order valence-electron chi connectivity index (χ3n) is 4.23. The van der Waals surface area contributed by atoms with Crippen molar-refractivity contribution in [3.63, 3.8) is 0 Å². The van der Waals surface area contributed by atoms with Crippen LogP contribution in [-0.4, -0.2) is 26.6 Å². The number of hydrogen-bond acceptors (Lipinski definition) is 5. The second-order valence-corrected chi connectivity index (χ2v) is 5.76. The second-order valence-electron chi connectivity index (χ2n) is 5.76. The smallest absolute Gasteiger partial charge is 0.241 e. The molecular formula is C18H18N4O. The minimum Gasteiger partial charge on any atom is -0.338 e. The van der Waals surface area contributed by atoms with E-state index in [0.717, 1.165) is 24.2 Å². The zero-order chi connectivity index (χ0) is 15.5. The molecule has 1 aromatic carbocycles. The highest BCUT2D eigenvalue weighted by atomic mass is 16.5. The molecule has 3 heterocycles. The van der Waals surface area contributed by atoms with E-state index in [1.54, 1.807) is 0 Å². The first-order valence-corrected chi connectivity index (χ1v) is 7.93. The van der Waals surface area contributed by atoms with Crippen LogP contribution in [0.15, 0.2) is 59.3 Å². The van der Waals surface area contributed by atoms with E-state index in [1.165, 1.54) is 6.42 Å². The summed E-state index contributed by atoms with van der Waals surface area (Å²) in [5.41, 5.74) is 2.10. The highest BCUT2D eigenvalue weighted by molar-refractivity contribution is 5.53. The van der Waals surface area contributed by atoms with Crippen molar-refractivity contribution in [2.75, 3.05) is 6.54 Å². The summed E-state index contributed by atoms with van der Waals surface area (Å²) < 4.78 is 5.44. The van der Waals surface area contributed by atoms with Crippen molar-refractivity contribution < 1.29 is 4.52 Å². The van der Waals surface area contributed by atoms with Gasteiger partial charge in [-0.3, -0.25) is 9.88 Å². The van der Waals surface area contributed by atoms with Gasteiger partial charge in [-0.05, 0) is 31.5 Å². The van der Waals surface area contributed by atoms with Gasteiger partial charge in [-0.25, -0.2) is 0 Å². The fourth-order valence-corrected chi connectivity index (χ4v) is 3.12. The van der Waals surface area contributed by atoms with Crippen molar-refractivity contribution in [1.82, 2.24) is 20.0 Å². The SMILES string of the molecule is c1ccc(-c2noc(CN3CCC[C@H]3c3ccccn3)n2)cc1. The molecule has 0 spiro atoms.